The lowest BCUT2D eigenvalue weighted by Crippen LogP contribution is -1.95. The SMILES string of the molecule is CCc1cc(C)cc(CC)c1C#N. The highest BCUT2D eigenvalue weighted by Crippen LogP contribution is 2.17. The molecule has 0 aliphatic heterocycles. The Balaban J connectivity index is 3.36. The first-order valence-electron chi connectivity index (χ1n) is 4.75. The van der Waals surface area contributed by atoms with Gasteiger partial charge >= 0.3 is 0 Å². The average Bonchev–Trinajstić information content (AvgIpc) is 2.16. The van der Waals surface area contributed by atoms with Crippen molar-refractivity contribution in [3.05, 3.63) is 34.4 Å². The van der Waals surface area contributed by atoms with E-state index in [0.717, 1.165) is 18.4 Å². The first kappa shape index (κ1) is 9.80. The summed E-state index contributed by atoms with van der Waals surface area (Å²) in [6.45, 7) is 6.27. The van der Waals surface area contributed by atoms with Crippen molar-refractivity contribution < 1.29 is 0 Å². The molecule has 0 aromatic heterocycles. The maximum atomic E-state index is 9.00. The Bertz CT molecular complexity index is 320. The average molecular weight is 173 g/mol. The second-order valence-corrected chi connectivity index (χ2v) is 3.28. The third-order valence-corrected chi connectivity index (χ3v) is 2.32. The van der Waals surface area contributed by atoms with Crippen LogP contribution in [0.1, 0.15) is 36.1 Å². The quantitative estimate of drug-likeness (QED) is 0.674. The van der Waals surface area contributed by atoms with Crippen LogP contribution in [-0.4, -0.2) is 0 Å². The highest BCUT2D eigenvalue weighted by molar-refractivity contribution is 5.46. The molecule has 1 aromatic rings. The van der Waals surface area contributed by atoms with Gasteiger partial charge in [-0.2, -0.15) is 5.26 Å². The van der Waals surface area contributed by atoms with Crippen LogP contribution in [0, 0.1) is 18.3 Å². The summed E-state index contributed by atoms with van der Waals surface area (Å²) < 4.78 is 0. The van der Waals surface area contributed by atoms with E-state index in [1.54, 1.807) is 0 Å². The number of rotatable bonds is 2. The summed E-state index contributed by atoms with van der Waals surface area (Å²) in [7, 11) is 0. The molecule has 0 saturated heterocycles. The van der Waals surface area contributed by atoms with Crippen LogP contribution in [0.3, 0.4) is 0 Å². The molecule has 0 aliphatic carbocycles. The van der Waals surface area contributed by atoms with Crippen molar-refractivity contribution >= 4 is 0 Å². The van der Waals surface area contributed by atoms with Crippen LogP contribution in [-0.2, 0) is 12.8 Å². The molecule has 0 heterocycles. The zero-order valence-corrected chi connectivity index (χ0v) is 8.52. The minimum Gasteiger partial charge on any atom is -0.192 e. The van der Waals surface area contributed by atoms with Crippen LogP contribution >= 0.6 is 0 Å². The normalized spacial score (nSPS) is 9.69. The zero-order valence-electron chi connectivity index (χ0n) is 8.52. The topological polar surface area (TPSA) is 23.8 Å². The molecule has 0 aliphatic rings. The summed E-state index contributed by atoms with van der Waals surface area (Å²) in [4.78, 5) is 0. The minimum absolute atomic E-state index is 0.885. The van der Waals surface area contributed by atoms with Crippen molar-refractivity contribution in [2.75, 3.05) is 0 Å². The molecule has 0 fully saturated rings. The summed E-state index contributed by atoms with van der Waals surface area (Å²) in [5.74, 6) is 0. The molecule has 0 saturated carbocycles. The smallest absolute Gasteiger partial charge is 0.0997 e. The molecule has 0 bridgehead atoms. The van der Waals surface area contributed by atoms with Crippen molar-refractivity contribution in [3.8, 4) is 6.07 Å². The number of nitriles is 1. The number of hydrogen-bond acceptors (Lipinski definition) is 1. The molecule has 0 unspecified atom stereocenters. The van der Waals surface area contributed by atoms with Crippen LogP contribution in [0.15, 0.2) is 12.1 Å². The van der Waals surface area contributed by atoms with E-state index >= 15 is 0 Å². The summed E-state index contributed by atoms with van der Waals surface area (Å²) >= 11 is 0. The molecule has 1 heteroatoms. The van der Waals surface area contributed by atoms with E-state index in [2.05, 4.69) is 39.0 Å². The van der Waals surface area contributed by atoms with Crippen LogP contribution in [0.5, 0.6) is 0 Å². The fourth-order valence-corrected chi connectivity index (χ4v) is 1.64. The molecule has 0 N–H and O–H groups in total. The molecule has 1 nitrogen and oxygen atoms in total. The molecule has 0 atom stereocenters. The fourth-order valence-electron chi connectivity index (χ4n) is 1.64. The predicted octanol–water partition coefficient (Wildman–Crippen LogP) is 2.99. The van der Waals surface area contributed by atoms with Gasteiger partial charge in [-0.05, 0) is 30.9 Å². The van der Waals surface area contributed by atoms with E-state index in [1.807, 2.05) is 0 Å². The number of nitrogens with zero attached hydrogens (tertiary/aromatic N) is 1. The zero-order chi connectivity index (χ0) is 9.84. The molecule has 0 spiro atoms. The second-order valence-electron chi connectivity index (χ2n) is 3.28. The van der Waals surface area contributed by atoms with Crippen molar-refractivity contribution in [2.45, 2.75) is 33.6 Å². The van der Waals surface area contributed by atoms with Crippen molar-refractivity contribution in [1.29, 1.82) is 5.26 Å². The highest BCUT2D eigenvalue weighted by atomic mass is 14.3. The summed E-state index contributed by atoms with van der Waals surface area (Å²) in [6, 6.07) is 6.51. The maximum absolute atomic E-state index is 9.00. The predicted molar refractivity (Wildman–Crippen MR) is 54.7 cm³/mol. The van der Waals surface area contributed by atoms with Gasteiger partial charge in [0.2, 0.25) is 0 Å². The first-order valence-corrected chi connectivity index (χ1v) is 4.75. The largest absolute Gasteiger partial charge is 0.192 e. The molecular formula is C12H15N. The fraction of sp³-hybridized carbons (Fsp3) is 0.417. The van der Waals surface area contributed by atoms with Gasteiger partial charge in [0.05, 0.1) is 11.6 Å². The van der Waals surface area contributed by atoms with Gasteiger partial charge in [0.15, 0.2) is 0 Å². The summed E-state index contributed by atoms with van der Waals surface area (Å²) in [5, 5.41) is 9.00. The van der Waals surface area contributed by atoms with Crippen molar-refractivity contribution in [1.82, 2.24) is 0 Å². The third kappa shape index (κ3) is 1.89. The number of benzene rings is 1. The lowest BCUT2D eigenvalue weighted by molar-refractivity contribution is 1.06. The molecule has 0 radical (unpaired) electrons. The van der Waals surface area contributed by atoms with Gasteiger partial charge in [-0.25, -0.2) is 0 Å². The van der Waals surface area contributed by atoms with Crippen LogP contribution < -0.4 is 0 Å². The van der Waals surface area contributed by atoms with E-state index < -0.39 is 0 Å². The van der Waals surface area contributed by atoms with Gasteiger partial charge in [-0.1, -0.05) is 31.5 Å². The monoisotopic (exact) mass is 173 g/mol. The number of aryl methyl sites for hydroxylation is 3. The van der Waals surface area contributed by atoms with Crippen LogP contribution in [0.4, 0.5) is 0 Å². The molecule has 68 valence electrons. The van der Waals surface area contributed by atoms with Gasteiger partial charge in [-0.15, -0.1) is 0 Å². The first-order chi connectivity index (χ1) is 6.22. The Labute approximate surface area is 80.0 Å². The molecule has 13 heavy (non-hydrogen) atoms. The molecule has 0 amide bonds. The van der Waals surface area contributed by atoms with Gasteiger partial charge in [0.1, 0.15) is 0 Å². The standard InChI is InChI=1S/C12H15N/c1-4-10-6-9(3)7-11(5-2)12(10)8-13/h6-7H,4-5H2,1-3H3. The van der Waals surface area contributed by atoms with E-state index in [-0.39, 0.29) is 0 Å². The molecular weight excluding hydrogens is 158 g/mol. The lowest BCUT2D eigenvalue weighted by atomic mass is 9.96. The van der Waals surface area contributed by atoms with Crippen LogP contribution in [0.2, 0.25) is 0 Å². The Morgan fingerprint density at radius 3 is 1.92 bits per heavy atom. The van der Waals surface area contributed by atoms with E-state index in [9.17, 15) is 0 Å². The van der Waals surface area contributed by atoms with Crippen LogP contribution in [0.25, 0.3) is 0 Å². The summed E-state index contributed by atoms with van der Waals surface area (Å²) in [6.07, 6.45) is 1.88. The van der Waals surface area contributed by atoms with E-state index in [1.165, 1.54) is 16.7 Å². The highest BCUT2D eigenvalue weighted by Gasteiger charge is 2.05. The van der Waals surface area contributed by atoms with Gasteiger partial charge in [0, 0.05) is 0 Å². The Kier molecular flexibility index (Phi) is 3.08. The second kappa shape index (κ2) is 4.09. The number of hydrogen-bond donors (Lipinski definition) is 0. The molecule has 1 aromatic carbocycles. The Hall–Kier alpha value is -1.29. The van der Waals surface area contributed by atoms with E-state index in [0.29, 0.717) is 0 Å². The lowest BCUT2D eigenvalue weighted by Gasteiger charge is -2.07. The summed E-state index contributed by atoms with van der Waals surface area (Å²) in [5.41, 5.74) is 4.50. The third-order valence-electron chi connectivity index (χ3n) is 2.32. The maximum Gasteiger partial charge on any atom is 0.0997 e. The van der Waals surface area contributed by atoms with Crippen molar-refractivity contribution in [2.24, 2.45) is 0 Å². The van der Waals surface area contributed by atoms with Gasteiger partial charge in [0.25, 0.3) is 0 Å². The minimum atomic E-state index is 0.885. The molecule has 1 rings (SSSR count). The Morgan fingerprint density at radius 1 is 1.15 bits per heavy atom. The van der Waals surface area contributed by atoms with Gasteiger partial charge < -0.3 is 0 Å². The van der Waals surface area contributed by atoms with Gasteiger partial charge in [-0.3, -0.25) is 0 Å². The van der Waals surface area contributed by atoms with Crippen molar-refractivity contribution in [3.63, 3.8) is 0 Å². The Morgan fingerprint density at radius 2 is 1.62 bits per heavy atom. The van der Waals surface area contributed by atoms with E-state index in [4.69, 9.17) is 5.26 Å².